The van der Waals surface area contributed by atoms with E-state index in [1.54, 1.807) is 6.07 Å². The van der Waals surface area contributed by atoms with Gasteiger partial charge in [0.15, 0.2) is 0 Å². The van der Waals surface area contributed by atoms with Crippen LogP contribution in [0.2, 0.25) is 0 Å². The molecule has 1 aromatic rings. The fourth-order valence-corrected chi connectivity index (χ4v) is 0.515. The van der Waals surface area contributed by atoms with E-state index in [2.05, 4.69) is 25.0 Å². The molecule has 0 atom stereocenters. The quantitative estimate of drug-likeness (QED) is 0.358. The summed E-state index contributed by atoms with van der Waals surface area (Å²) in [5.41, 5.74) is 13.2. The molecule has 0 saturated heterocycles. The van der Waals surface area contributed by atoms with Crippen LogP contribution < -0.4 is 5.73 Å². The van der Waals surface area contributed by atoms with Crippen LogP contribution in [0.3, 0.4) is 0 Å². The zero-order chi connectivity index (χ0) is 8.97. The largest absolute Gasteiger partial charge is 0.368 e. The third-order valence-electron chi connectivity index (χ3n) is 0.875. The average Bonchev–Trinajstić information content (AvgIpc) is 2.04. The van der Waals surface area contributed by atoms with Crippen LogP contribution in [-0.4, -0.2) is 15.0 Å². The molecule has 1 aromatic heterocycles. The van der Waals surface area contributed by atoms with Gasteiger partial charge in [-0.05, 0) is 10.6 Å². The Bertz CT molecular complexity index is 383. The molecule has 1 rings (SSSR count). The van der Waals surface area contributed by atoms with Gasteiger partial charge in [-0.15, -0.1) is 0 Å². The summed E-state index contributed by atoms with van der Waals surface area (Å²) < 4.78 is 0. The molecular weight excluding hydrogens is 160 g/mol. The maximum absolute atomic E-state index is 8.36. The highest BCUT2D eigenvalue weighted by Crippen LogP contribution is 2.04. The Morgan fingerprint density at radius 1 is 1.50 bits per heavy atom. The summed E-state index contributed by atoms with van der Waals surface area (Å²) in [6.45, 7) is 0. The van der Waals surface area contributed by atoms with Crippen molar-refractivity contribution in [2.75, 3.05) is 5.73 Å². The van der Waals surface area contributed by atoms with Crippen molar-refractivity contribution in [1.82, 2.24) is 15.0 Å². The van der Waals surface area contributed by atoms with Crippen LogP contribution >= 0.6 is 0 Å². The van der Waals surface area contributed by atoms with E-state index in [0.717, 1.165) is 0 Å². The monoisotopic (exact) mass is 162 g/mol. The number of azide groups is 1. The van der Waals surface area contributed by atoms with E-state index in [1.165, 1.54) is 0 Å². The first kappa shape index (κ1) is 7.71. The Labute approximate surface area is 66.3 Å². The number of nitrogens with two attached hydrogens (primary N) is 1. The normalized spacial score (nSPS) is 8.25. The van der Waals surface area contributed by atoms with Gasteiger partial charge >= 0.3 is 0 Å². The van der Waals surface area contributed by atoms with E-state index in [0.29, 0.717) is 0 Å². The smallest absolute Gasteiger partial charge is 0.237 e. The molecule has 8 heteroatoms. The van der Waals surface area contributed by atoms with Crippen molar-refractivity contribution in [2.45, 2.75) is 0 Å². The van der Waals surface area contributed by atoms with Crippen LogP contribution in [-0.2, 0) is 0 Å². The van der Waals surface area contributed by atoms with Gasteiger partial charge in [-0.25, -0.2) is 0 Å². The number of hydrogen-bond donors (Lipinski definition) is 1. The molecule has 0 aliphatic heterocycles. The highest BCUT2D eigenvalue weighted by molar-refractivity contribution is 5.29. The van der Waals surface area contributed by atoms with Gasteiger partial charge in [0.05, 0.1) is 0 Å². The average molecular weight is 162 g/mol. The summed E-state index contributed by atoms with van der Waals surface area (Å²) in [4.78, 5) is 12.8. The molecule has 0 aliphatic carbocycles. The van der Waals surface area contributed by atoms with Crippen molar-refractivity contribution in [1.29, 1.82) is 5.26 Å². The van der Waals surface area contributed by atoms with Gasteiger partial charge in [-0.3, -0.25) is 0 Å². The minimum Gasteiger partial charge on any atom is -0.368 e. The Kier molecular flexibility index (Phi) is 2.02. The first-order valence-corrected chi connectivity index (χ1v) is 2.73. The third-order valence-corrected chi connectivity index (χ3v) is 0.875. The first-order chi connectivity index (χ1) is 5.76. The van der Waals surface area contributed by atoms with Crippen LogP contribution in [0, 0.1) is 11.3 Å². The maximum Gasteiger partial charge on any atom is 0.237 e. The van der Waals surface area contributed by atoms with Gasteiger partial charge in [0.1, 0.15) is 6.07 Å². The number of nitriles is 1. The number of nitrogen functional groups attached to an aromatic ring is 1. The summed E-state index contributed by atoms with van der Waals surface area (Å²) in [6, 6.07) is 1.64. The minimum absolute atomic E-state index is 0.149. The molecular formula is C4H2N8. The van der Waals surface area contributed by atoms with Crippen LogP contribution in [0.5, 0.6) is 0 Å². The number of hydrogen-bond acceptors (Lipinski definition) is 6. The van der Waals surface area contributed by atoms with Gasteiger partial charge < -0.3 is 5.73 Å². The summed E-state index contributed by atoms with van der Waals surface area (Å²) in [5, 5.41) is 11.4. The molecule has 0 aromatic carbocycles. The fraction of sp³-hybridized carbons (Fsp3) is 0. The number of rotatable bonds is 1. The van der Waals surface area contributed by atoms with Crippen molar-refractivity contribution < 1.29 is 0 Å². The van der Waals surface area contributed by atoms with Gasteiger partial charge in [-0.2, -0.15) is 20.2 Å². The summed E-state index contributed by atoms with van der Waals surface area (Å²) >= 11 is 0. The predicted molar refractivity (Wildman–Crippen MR) is 37.8 cm³/mol. The molecule has 0 radical (unpaired) electrons. The van der Waals surface area contributed by atoms with E-state index in [1.807, 2.05) is 0 Å². The molecule has 0 bridgehead atoms. The third kappa shape index (κ3) is 1.56. The van der Waals surface area contributed by atoms with Gasteiger partial charge in [0, 0.05) is 4.91 Å². The first-order valence-electron chi connectivity index (χ1n) is 2.73. The highest BCUT2D eigenvalue weighted by Gasteiger charge is 2.00. The van der Waals surface area contributed by atoms with Crippen molar-refractivity contribution >= 4 is 11.9 Å². The molecule has 8 nitrogen and oxygen atoms in total. The molecule has 58 valence electrons. The topological polar surface area (TPSA) is 137 Å². The van der Waals surface area contributed by atoms with Crippen molar-refractivity contribution in [3.63, 3.8) is 0 Å². The highest BCUT2D eigenvalue weighted by atomic mass is 15.2. The van der Waals surface area contributed by atoms with Crippen LogP contribution in [0.15, 0.2) is 5.11 Å². The van der Waals surface area contributed by atoms with E-state index in [4.69, 9.17) is 16.5 Å². The maximum atomic E-state index is 8.36. The minimum atomic E-state index is -0.207. The standard InChI is InChI=1S/C4H2N8/c5-1-2-8-3(6)10-4(9-2)11-12-7/h(H2,6,8,9,10). The Morgan fingerprint density at radius 3 is 2.83 bits per heavy atom. The van der Waals surface area contributed by atoms with Crippen LogP contribution in [0.1, 0.15) is 5.82 Å². The number of nitrogens with zero attached hydrogens (tertiary/aromatic N) is 7. The van der Waals surface area contributed by atoms with Crippen molar-refractivity contribution in [3.05, 3.63) is 16.3 Å². The fourth-order valence-electron chi connectivity index (χ4n) is 0.515. The molecule has 0 unspecified atom stereocenters. The van der Waals surface area contributed by atoms with E-state index in [9.17, 15) is 0 Å². The zero-order valence-corrected chi connectivity index (χ0v) is 5.71. The van der Waals surface area contributed by atoms with Crippen molar-refractivity contribution in [2.24, 2.45) is 5.11 Å². The lowest BCUT2D eigenvalue weighted by molar-refractivity contribution is 1.02. The Morgan fingerprint density at radius 2 is 2.25 bits per heavy atom. The second-order valence-electron chi connectivity index (χ2n) is 1.62. The molecule has 0 spiro atoms. The molecule has 12 heavy (non-hydrogen) atoms. The van der Waals surface area contributed by atoms with Gasteiger partial charge in [0.25, 0.3) is 0 Å². The lowest BCUT2D eigenvalue weighted by Gasteiger charge is -1.92. The van der Waals surface area contributed by atoms with E-state index < -0.39 is 0 Å². The Hall–Kier alpha value is -2.39. The molecule has 1 heterocycles. The summed E-state index contributed by atoms with van der Waals surface area (Å²) in [5.74, 6) is -0.532. The molecule has 2 N–H and O–H groups in total. The molecule has 0 fully saturated rings. The van der Waals surface area contributed by atoms with E-state index >= 15 is 0 Å². The second-order valence-corrected chi connectivity index (χ2v) is 1.62. The SMILES string of the molecule is N#Cc1nc(N)nc(N=[N+]=[N-])n1. The molecule has 0 saturated carbocycles. The molecule has 0 amide bonds. The predicted octanol–water partition coefficient (Wildman–Crippen LogP) is 0.267. The van der Waals surface area contributed by atoms with Crippen molar-refractivity contribution in [3.8, 4) is 6.07 Å². The summed E-state index contributed by atoms with van der Waals surface area (Å²) in [7, 11) is 0. The number of anilines is 1. The van der Waals surface area contributed by atoms with E-state index in [-0.39, 0.29) is 17.7 Å². The lowest BCUT2D eigenvalue weighted by atomic mass is 10.7. The van der Waals surface area contributed by atoms with Crippen LogP contribution in [0.4, 0.5) is 11.9 Å². The van der Waals surface area contributed by atoms with Gasteiger partial charge in [0.2, 0.25) is 17.7 Å². The second kappa shape index (κ2) is 3.14. The number of aromatic nitrogens is 3. The molecule has 0 aliphatic rings. The zero-order valence-electron chi connectivity index (χ0n) is 5.71. The Balaban J connectivity index is 3.25. The van der Waals surface area contributed by atoms with Crippen LogP contribution in [0.25, 0.3) is 10.4 Å². The summed E-state index contributed by atoms with van der Waals surface area (Å²) in [6.07, 6.45) is 0. The van der Waals surface area contributed by atoms with Gasteiger partial charge in [-0.1, -0.05) is 0 Å². The lowest BCUT2D eigenvalue weighted by Crippen LogP contribution is -1.99.